The van der Waals surface area contributed by atoms with Crippen LogP contribution >= 0.6 is 15.9 Å². The number of rotatable bonds is 6. The molecule has 21 heavy (non-hydrogen) atoms. The molecule has 0 bridgehead atoms. The number of carbonyl (C=O) groups excluding carboxylic acids is 1. The average Bonchev–Trinajstić information content (AvgIpc) is 2.79. The summed E-state index contributed by atoms with van der Waals surface area (Å²) in [5, 5.41) is 4.42. The van der Waals surface area contributed by atoms with Gasteiger partial charge in [-0.15, -0.1) is 0 Å². The molecule has 0 aliphatic rings. The third kappa shape index (κ3) is 3.26. The Hall–Kier alpha value is -1.82. The Bertz CT molecular complexity index is 653. The Labute approximate surface area is 132 Å². The molecule has 0 aliphatic heterocycles. The fourth-order valence-electron chi connectivity index (χ4n) is 2.00. The molecule has 1 aromatic carbocycles. The minimum Gasteiger partial charge on any atom is -0.493 e. The van der Waals surface area contributed by atoms with E-state index in [1.165, 1.54) is 0 Å². The fraction of sp³-hybridized carbons (Fsp3) is 0.333. The van der Waals surface area contributed by atoms with Crippen LogP contribution < -0.4 is 9.47 Å². The number of ether oxygens (including phenoxy) is 2. The normalized spacial score (nSPS) is 10.5. The summed E-state index contributed by atoms with van der Waals surface area (Å²) in [4.78, 5) is 10.9. The first-order valence-corrected chi connectivity index (χ1v) is 7.36. The van der Waals surface area contributed by atoms with Gasteiger partial charge in [0.2, 0.25) is 0 Å². The van der Waals surface area contributed by atoms with Crippen LogP contribution in [-0.4, -0.2) is 23.2 Å². The standard InChI is InChI=1S/C15H17BrN2O3/c1-4-11-15(16)12(18(2)17-11)9-21-14-7-10(8-19)5-6-13(14)20-3/h5-8H,4,9H2,1-3H3. The molecule has 1 heterocycles. The summed E-state index contributed by atoms with van der Waals surface area (Å²) >= 11 is 3.55. The van der Waals surface area contributed by atoms with Crippen molar-refractivity contribution in [3.05, 3.63) is 39.6 Å². The van der Waals surface area contributed by atoms with Gasteiger partial charge in [-0.2, -0.15) is 5.10 Å². The molecule has 0 spiro atoms. The zero-order valence-corrected chi connectivity index (χ0v) is 13.8. The lowest BCUT2D eigenvalue weighted by molar-refractivity contribution is 0.112. The highest BCUT2D eigenvalue weighted by Gasteiger charge is 2.14. The van der Waals surface area contributed by atoms with Crippen LogP contribution in [0.5, 0.6) is 11.5 Å². The van der Waals surface area contributed by atoms with Gasteiger partial charge in [0.15, 0.2) is 11.5 Å². The van der Waals surface area contributed by atoms with E-state index in [-0.39, 0.29) is 0 Å². The molecule has 0 atom stereocenters. The van der Waals surface area contributed by atoms with Gasteiger partial charge < -0.3 is 9.47 Å². The predicted octanol–water partition coefficient (Wildman–Crippen LogP) is 3.15. The van der Waals surface area contributed by atoms with Crippen molar-refractivity contribution in [3.63, 3.8) is 0 Å². The Balaban J connectivity index is 2.23. The van der Waals surface area contributed by atoms with E-state index in [4.69, 9.17) is 9.47 Å². The molecule has 5 nitrogen and oxygen atoms in total. The van der Waals surface area contributed by atoms with Crippen molar-refractivity contribution in [2.45, 2.75) is 20.0 Å². The second-order valence-electron chi connectivity index (χ2n) is 4.50. The van der Waals surface area contributed by atoms with Crippen LogP contribution in [-0.2, 0) is 20.1 Å². The number of hydrogen-bond donors (Lipinski definition) is 0. The first-order valence-electron chi connectivity index (χ1n) is 6.57. The minimum atomic E-state index is 0.336. The number of hydrogen-bond acceptors (Lipinski definition) is 4. The first kappa shape index (κ1) is 15.6. The molecule has 2 aromatic rings. The summed E-state index contributed by atoms with van der Waals surface area (Å²) in [6.45, 7) is 2.39. The molecule has 0 amide bonds. The van der Waals surface area contributed by atoms with Crippen molar-refractivity contribution in [2.75, 3.05) is 7.11 Å². The van der Waals surface area contributed by atoms with Gasteiger partial charge in [-0.25, -0.2) is 0 Å². The van der Waals surface area contributed by atoms with Crippen LogP contribution in [0, 0.1) is 0 Å². The van der Waals surface area contributed by atoms with Crippen LogP contribution in [0.2, 0.25) is 0 Å². The third-order valence-corrected chi connectivity index (χ3v) is 4.11. The SMILES string of the molecule is CCc1nn(C)c(COc2cc(C=O)ccc2OC)c1Br. The zero-order chi connectivity index (χ0) is 15.4. The fourth-order valence-corrected chi connectivity index (χ4v) is 2.73. The van der Waals surface area contributed by atoms with Crippen molar-refractivity contribution in [2.24, 2.45) is 7.05 Å². The van der Waals surface area contributed by atoms with Gasteiger partial charge in [0.05, 0.1) is 23.0 Å². The molecule has 6 heteroatoms. The summed E-state index contributed by atoms with van der Waals surface area (Å²) in [7, 11) is 3.44. The van der Waals surface area contributed by atoms with Gasteiger partial charge in [0.25, 0.3) is 0 Å². The first-order chi connectivity index (χ1) is 10.1. The van der Waals surface area contributed by atoms with E-state index >= 15 is 0 Å². The van der Waals surface area contributed by atoms with E-state index < -0.39 is 0 Å². The van der Waals surface area contributed by atoms with Gasteiger partial charge in [-0.1, -0.05) is 6.92 Å². The monoisotopic (exact) mass is 352 g/mol. The number of aromatic nitrogens is 2. The maximum absolute atomic E-state index is 10.9. The molecule has 0 unspecified atom stereocenters. The molecule has 0 saturated carbocycles. The van der Waals surface area contributed by atoms with Crippen LogP contribution in [0.1, 0.15) is 28.7 Å². The number of nitrogens with zero attached hydrogens (tertiary/aromatic N) is 2. The second-order valence-corrected chi connectivity index (χ2v) is 5.29. The van der Waals surface area contributed by atoms with E-state index in [0.29, 0.717) is 23.7 Å². The van der Waals surface area contributed by atoms with Crippen molar-refractivity contribution >= 4 is 22.2 Å². The minimum absolute atomic E-state index is 0.336. The smallest absolute Gasteiger partial charge is 0.162 e. The highest BCUT2D eigenvalue weighted by Crippen LogP contribution is 2.30. The molecule has 1 aromatic heterocycles. The predicted molar refractivity (Wildman–Crippen MR) is 83.0 cm³/mol. The van der Waals surface area contributed by atoms with Gasteiger partial charge in [-0.3, -0.25) is 9.48 Å². The highest BCUT2D eigenvalue weighted by molar-refractivity contribution is 9.10. The van der Waals surface area contributed by atoms with Crippen LogP contribution in [0.15, 0.2) is 22.7 Å². The maximum atomic E-state index is 10.9. The summed E-state index contributed by atoms with van der Waals surface area (Å²) < 4.78 is 13.8. The van der Waals surface area contributed by atoms with E-state index in [1.807, 2.05) is 14.0 Å². The molecule has 2 rings (SSSR count). The molecular formula is C15H17BrN2O3. The van der Waals surface area contributed by atoms with Crippen LogP contribution in [0.3, 0.4) is 0 Å². The summed E-state index contributed by atoms with van der Waals surface area (Å²) in [6, 6.07) is 5.07. The van der Waals surface area contributed by atoms with Crippen LogP contribution in [0.25, 0.3) is 0 Å². The Morgan fingerprint density at radius 1 is 1.38 bits per heavy atom. The number of carbonyl (C=O) groups is 1. The lowest BCUT2D eigenvalue weighted by atomic mass is 10.2. The van der Waals surface area contributed by atoms with Crippen LogP contribution in [0.4, 0.5) is 0 Å². The van der Waals surface area contributed by atoms with Crippen molar-refractivity contribution in [3.8, 4) is 11.5 Å². The molecule has 0 radical (unpaired) electrons. The summed E-state index contributed by atoms with van der Waals surface area (Å²) in [6.07, 6.45) is 1.62. The average molecular weight is 353 g/mol. The third-order valence-electron chi connectivity index (χ3n) is 3.19. The molecule has 0 saturated heterocycles. The largest absolute Gasteiger partial charge is 0.493 e. The van der Waals surface area contributed by atoms with Gasteiger partial charge in [0.1, 0.15) is 12.9 Å². The number of aldehydes is 1. The number of aryl methyl sites for hydroxylation is 2. The second kappa shape index (κ2) is 6.76. The van der Waals surface area contributed by atoms with E-state index in [1.54, 1.807) is 30.0 Å². The Kier molecular flexibility index (Phi) is 5.01. The summed E-state index contributed by atoms with van der Waals surface area (Å²) in [5.74, 6) is 1.13. The topological polar surface area (TPSA) is 53.4 Å². The Morgan fingerprint density at radius 3 is 2.71 bits per heavy atom. The highest BCUT2D eigenvalue weighted by atomic mass is 79.9. The zero-order valence-electron chi connectivity index (χ0n) is 12.2. The number of methoxy groups -OCH3 is 1. The quantitative estimate of drug-likeness (QED) is 0.749. The number of halogens is 1. The molecule has 0 N–H and O–H groups in total. The van der Waals surface area contributed by atoms with E-state index in [0.717, 1.165) is 28.6 Å². The molecular weight excluding hydrogens is 336 g/mol. The van der Waals surface area contributed by atoms with Gasteiger partial charge in [-0.05, 0) is 40.5 Å². The summed E-state index contributed by atoms with van der Waals surface area (Å²) in [5.41, 5.74) is 2.47. The lowest BCUT2D eigenvalue weighted by Crippen LogP contribution is -2.04. The van der Waals surface area contributed by atoms with Crippen molar-refractivity contribution in [1.82, 2.24) is 9.78 Å². The molecule has 112 valence electrons. The van der Waals surface area contributed by atoms with E-state index in [9.17, 15) is 4.79 Å². The lowest BCUT2D eigenvalue weighted by Gasteiger charge is -2.11. The molecule has 0 fully saturated rings. The van der Waals surface area contributed by atoms with Gasteiger partial charge in [0, 0.05) is 12.6 Å². The van der Waals surface area contributed by atoms with Crippen molar-refractivity contribution < 1.29 is 14.3 Å². The van der Waals surface area contributed by atoms with E-state index in [2.05, 4.69) is 21.0 Å². The number of benzene rings is 1. The Morgan fingerprint density at radius 2 is 2.14 bits per heavy atom. The molecule has 0 aliphatic carbocycles. The van der Waals surface area contributed by atoms with Crippen molar-refractivity contribution in [1.29, 1.82) is 0 Å². The van der Waals surface area contributed by atoms with Gasteiger partial charge >= 0.3 is 0 Å². The maximum Gasteiger partial charge on any atom is 0.162 e.